The molecule has 1 atom stereocenters. The summed E-state index contributed by atoms with van der Waals surface area (Å²) in [5.41, 5.74) is 0.0641. The molecule has 1 N–H and O–H groups in total. The predicted octanol–water partition coefficient (Wildman–Crippen LogP) is 0.254. The van der Waals surface area contributed by atoms with E-state index in [1.807, 2.05) is 11.1 Å². The zero-order valence-corrected chi connectivity index (χ0v) is 9.55. The van der Waals surface area contributed by atoms with E-state index in [0.717, 1.165) is 18.7 Å². The van der Waals surface area contributed by atoms with Crippen molar-refractivity contribution in [2.45, 2.75) is 31.8 Å². The van der Waals surface area contributed by atoms with Crippen LogP contribution in [0.4, 0.5) is 0 Å². The smallest absolute Gasteiger partial charge is 0.323 e. The summed E-state index contributed by atoms with van der Waals surface area (Å²) in [5, 5.41) is 17.1. The molecule has 2 rings (SSSR count). The van der Waals surface area contributed by atoms with E-state index in [2.05, 4.69) is 10.3 Å². The Morgan fingerprint density at radius 1 is 1.69 bits per heavy atom. The van der Waals surface area contributed by atoms with Crippen LogP contribution in [0, 0.1) is 0 Å². The van der Waals surface area contributed by atoms with Crippen molar-refractivity contribution in [3.63, 3.8) is 0 Å². The Hall–Kier alpha value is -1.43. The lowest BCUT2D eigenvalue weighted by atomic mass is 9.99. The fraction of sp³-hybridized carbons (Fsp3) is 0.700. The minimum Gasteiger partial charge on any atom is -0.480 e. The number of aryl methyl sites for hydroxylation is 1. The average molecular weight is 224 g/mol. The molecule has 6 heteroatoms. The van der Waals surface area contributed by atoms with Crippen molar-refractivity contribution in [2.75, 3.05) is 6.54 Å². The topological polar surface area (TPSA) is 71.2 Å². The van der Waals surface area contributed by atoms with Crippen LogP contribution in [0.2, 0.25) is 0 Å². The van der Waals surface area contributed by atoms with Crippen molar-refractivity contribution in [3.8, 4) is 0 Å². The molecular weight excluding hydrogens is 208 g/mol. The highest BCUT2D eigenvalue weighted by atomic mass is 16.4. The van der Waals surface area contributed by atoms with Crippen molar-refractivity contribution in [1.29, 1.82) is 0 Å². The fourth-order valence-corrected chi connectivity index (χ4v) is 2.18. The lowest BCUT2D eigenvalue weighted by Crippen LogP contribution is -2.47. The van der Waals surface area contributed by atoms with Gasteiger partial charge in [-0.3, -0.25) is 14.4 Å². The van der Waals surface area contributed by atoms with Gasteiger partial charge in [-0.15, -0.1) is 5.10 Å². The quantitative estimate of drug-likeness (QED) is 0.797. The van der Waals surface area contributed by atoms with Crippen LogP contribution in [0.15, 0.2) is 6.20 Å². The van der Waals surface area contributed by atoms with Gasteiger partial charge in [-0.25, -0.2) is 0 Å². The molecule has 0 saturated carbocycles. The van der Waals surface area contributed by atoms with Gasteiger partial charge in [-0.2, -0.15) is 0 Å². The third-order valence-electron chi connectivity index (χ3n) is 3.25. The Morgan fingerprint density at radius 2 is 2.44 bits per heavy atom. The molecule has 6 nitrogen and oxygen atoms in total. The Kier molecular flexibility index (Phi) is 2.67. The summed E-state index contributed by atoms with van der Waals surface area (Å²) in [4.78, 5) is 13.2. The summed E-state index contributed by atoms with van der Waals surface area (Å²) in [6.07, 6.45) is 3.44. The van der Waals surface area contributed by atoms with Gasteiger partial charge in [0, 0.05) is 19.8 Å². The average Bonchev–Trinajstić information content (AvgIpc) is 2.76. The van der Waals surface area contributed by atoms with Gasteiger partial charge in [0.2, 0.25) is 0 Å². The molecule has 1 aliphatic heterocycles. The minimum atomic E-state index is -0.756. The van der Waals surface area contributed by atoms with Crippen molar-refractivity contribution >= 4 is 5.97 Å². The SMILES string of the molecule is Cn1cc(CN2CCCC2(C)C(=O)O)nn1. The molecule has 1 saturated heterocycles. The number of aliphatic carboxylic acids is 1. The number of rotatable bonds is 3. The van der Waals surface area contributed by atoms with E-state index < -0.39 is 11.5 Å². The van der Waals surface area contributed by atoms with Crippen LogP contribution in [0.25, 0.3) is 0 Å². The van der Waals surface area contributed by atoms with E-state index in [4.69, 9.17) is 0 Å². The van der Waals surface area contributed by atoms with Gasteiger partial charge in [0.05, 0.1) is 5.69 Å². The summed E-state index contributed by atoms with van der Waals surface area (Å²) >= 11 is 0. The van der Waals surface area contributed by atoms with Crippen LogP contribution >= 0.6 is 0 Å². The van der Waals surface area contributed by atoms with Crippen molar-refractivity contribution in [1.82, 2.24) is 19.9 Å². The normalized spacial score (nSPS) is 26.1. The number of hydrogen-bond donors (Lipinski definition) is 1. The van der Waals surface area contributed by atoms with Crippen molar-refractivity contribution < 1.29 is 9.90 Å². The molecule has 0 aromatic carbocycles. The predicted molar refractivity (Wildman–Crippen MR) is 56.7 cm³/mol. The first kappa shape index (κ1) is 11.1. The number of aromatic nitrogens is 3. The lowest BCUT2D eigenvalue weighted by Gasteiger charge is -2.30. The summed E-state index contributed by atoms with van der Waals surface area (Å²) in [5.74, 6) is -0.756. The summed E-state index contributed by atoms with van der Waals surface area (Å²) in [6.45, 7) is 3.13. The number of likely N-dealkylation sites (tertiary alicyclic amines) is 1. The maximum Gasteiger partial charge on any atom is 0.323 e. The highest BCUT2D eigenvalue weighted by Gasteiger charge is 2.43. The molecule has 1 fully saturated rings. The second-order valence-electron chi connectivity index (χ2n) is 4.49. The van der Waals surface area contributed by atoms with Crippen LogP contribution < -0.4 is 0 Å². The number of carboxylic acids is 1. The maximum atomic E-state index is 11.2. The van der Waals surface area contributed by atoms with Crippen molar-refractivity contribution in [2.24, 2.45) is 7.05 Å². The molecule has 1 aromatic heterocycles. The molecule has 0 amide bonds. The minimum absolute atomic E-state index is 0.552. The Balaban J connectivity index is 2.12. The molecule has 1 unspecified atom stereocenters. The maximum absolute atomic E-state index is 11.2. The third kappa shape index (κ3) is 1.80. The molecule has 1 aromatic rings. The third-order valence-corrected chi connectivity index (χ3v) is 3.25. The number of hydrogen-bond acceptors (Lipinski definition) is 4. The largest absolute Gasteiger partial charge is 0.480 e. The van der Waals surface area contributed by atoms with Crippen LogP contribution in [0.5, 0.6) is 0 Å². The summed E-state index contributed by atoms with van der Waals surface area (Å²) in [7, 11) is 1.80. The first-order chi connectivity index (χ1) is 7.52. The monoisotopic (exact) mass is 224 g/mol. The van der Waals surface area contributed by atoms with Gasteiger partial charge in [0.25, 0.3) is 0 Å². The highest BCUT2D eigenvalue weighted by Crippen LogP contribution is 2.30. The first-order valence-electron chi connectivity index (χ1n) is 5.36. The van der Waals surface area contributed by atoms with Gasteiger partial charge in [0.15, 0.2) is 0 Å². The molecule has 2 heterocycles. The molecule has 0 radical (unpaired) electrons. The van der Waals surface area contributed by atoms with Gasteiger partial charge in [-0.05, 0) is 26.3 Å². The number of carboxylic acid groups (broad SMARTS) is 1. The summed E-state index contributed by atoms with van der Waals surface area (Å²) < 4.78 is 1.63. The van der Waals surface area contributed by atoms with E-state index in [1.165, 1.54) is 0 Å². The van der Waals surface area contributed by atoms with Crippen LogP contribution in [0.3, 0.4) is 0 Å². The first-order valence-corrected chi connectivity index (χ1v) is 5.36. The molecule has 0 aliphatic carbocycles. The van der Waals surface area contributed by atoms with Gasteiger partial charge in [-0.1, -0.05) is 5.21 Å². The molecule has 16 heavy (non-hydrogen) atoms. The highest BCUT2D eigenvalue weighted by molar-refractivity contribution is 5.78. The lowest BCUT2D eigenvalue weighted by molar-refractivity contribution is -0.148. The second kappa shape index (κ2) is 3.86. The van der Waals surface area contributed by atoms with Crippen LogP contribution in [-0.2, 0) is 18.4 Å². The Labute approximate surface area is 93.9 Å². The number of nitrogens with zero attached hydrogens (tertiary/aromatic N) is 4. The molecular formula is C10H16N4O2. The number of carbonyl (C=O) groups is 1. The van der Waals surface area contributed by atoms with Gasteiger partial charge < -0.3 is 5.11 Å². The second-order valence-corrected chi connectivity index (χ2v) is 4.49. The van der Waals surface area contributed by atoms with Gasteiger partial charge in [0.1, 0.15) is 5.54 Å². The van der Waals surface area contributed by atoms with E-state index in [1.54, 1.807) is 18.7 Å². The zero-order chi connectivity index (χ0) is 11.8. The fourth-order valence-electron chi connectivity index (χ4n) is 2.18. The van der Waals surface area contributed by atoms with E-state index in [9.17, 15) is 9.90 Å². The molecule has 0 bridgehead atoms. The van der Waals surface area contributed by atoms with E-state index in [-0.39, 0.29) is 0 Å². The standard InChI is InChI=1S/C10H16N4O2/c1-10(9(15)16)4-3-5-14(10)7-8-6-13(2)12-11-8/h6H,3-5,7H2,1-2H3,(H,15,16). The molecule has 88 valence electrons. The van der Waals surface area contributed by atoms with Crippen LogP contribution in [0.1, 0.15) is 25.5 Å². The van der Waals surface area contributed by atoms with Crippen molar-refractivity contribution in [3.05, 3.63) is 11.9 Å². The zero-order valence-electron chi connectivity index (χ0n) is 9.55. The summed E-state index contributed by atoms with van der Waals surface area (Å²) in [6, 6.07) is 0. The van der Waals surface area contributed by atoms with Gasteiger partial charge >= 0.3 is 5.97 Å². The Bertz CT molecular complexity index is 403. The molecule has 0 spiro atoms. The molecule has 1 aliphatic rings. The van der Waals surface area contributed by atoms with Crippen LogP contribution in [-0.4, -0.2) is 43.1 Å². The van der Waals surface area contributed by atoms with E-state index >= 15 is 0 Å². The van der Waals surface area contributed by atoms with E-state index in [0.29, 0.717) is 13.0 Å². The Morgan fingerprint density at radius 3 is 3.00 bits per heavy atom.